The van der Waals surface area contributed by atoms with Crippen molar-refractivity contribution < 1.29 is 5.73 Å². The normalized spacial score (nSPS) is 10.9. The van der Waals surface area contributed by atoms with Crippen LogP contribution in [-0.2, 0) is 12.8 Å². The van der Waals surface area contributed by atoms with Gasteiger partial charge < -0.3 is 5.73 Å². The first-order chi connectivity index (χ1) is 9.84. The van der Waals surface area contributed by atoms with Gasteiger partial charge in [-0.15, -0.1) is 0 Å². The second-order valence-corrected chi connectivity index (χ2v) is 5.62. The minimum absolute atomic E-state index is 0.599. The Balaban J connectivity index is 1.58. The van der Waals surface area contributed by atoms with Crippen molar-refractivity contribution in [1.82, 2.24) is 0 Å². The SMILES string of the molecule is [NH3+]C(CCCc1ccccc1)CCCc1ccccc1. The van der Waals surface area contributed by atoms with Crippen LogP contribution in [0.15, 0.2) is 60.7 Å². The van der Waals surface area contributed by atoms with Crippen LogP contribution in [0.1, 0.15) is 36.8 Å². The standard InChI is InChI=1S/C19H25N/c20-19(15-7-13-17-9-3-1-4-10-17)16-8-14-18-11-5-2-6-12-18/h1-6,9-12,19H,7-8,13-16,20H2/p+1. The molecular weight excluding hydrogens is 242 g/mol. The molecule has 0 spiro atoms. The van der Waals surface area contributed by atoms with E-state index in [2.05, 4.69) is 66.4 Å². The van der Waals surface area contributed by atoms with Gasteiger partial charge in [-0.05, 0) is 49.7 Å². The van der Waals surface area contributed by atoms with Crippen molar-refractivity contribution in [3.05, 3.63) is 71.8 Å². The zero-order chi connectivity index (χ0) is 14.0. The van der Waals surface area contributed by atoms with Crippen molar-refractivity contribution in [2.75, 3.05) is 0 Å². The molecule has 0 aliphatic rings. The summed E-state index contributed by atoms with van der Waals surface area (Å²) in [4.78, 5) is 0. The first-order valence-electron chi connectivity index (χ1n) is 7.75. The summed E-state index contributed by atoms with van der Waals surface area (Å²) in [5.41, 5.74) is 7.20. The van der Waals surface area contributed by atoms with Crippen molar-refractivity contribution in [1.29, 1.82) is 0 Å². The van der Waals surface area contributed by atoms with Gasteiger partial charge in [0, 0.05) is 0 Å². The van der Waals surface area contributed by atoms with Crippen LogP contribution < -0.4 is 5.73 Å². The molecule has 0 fully saturated rings. The Bertz CT molecular complexity index is 418. The summed E-state index contributed by atoms with van der Waals surface area (Å²) in [6.45, 7) is 0. The number of quaternary nitrogens is 1. The maximum atomic E-state index is 4.30. The van der Waals surface area contributed by atoms with Gasteiger partial charge in [0.05, 0.1) is 6.04 Å². The molecule has 1 nitrogen and oxygen atoms in total. The summed E-state index contributed by atoms with van der Waals surface area (Å²) in [5, 5.41) is 0. The Morgan fingerprint density at radius 1 is 0.650 bits per heavy atom. The van der Waals surface area contributed by atoms with E-state index >= 15 is 0 Å². The number of rotatable bonds is 8. The van der Waals surface area contributed by atoms with Gasteiger partial charge in [-0.2, -0.15) is 0 Å². The van der Waals surface area contributed by atoms with Crippen LogP contribution in [0, 0.1) is 0 Å². The molecule has 1 heteroatoms. The van der Waals surface area contributed by atoms with Gasteiger partial charge in [-0.25, -0.2) is 0 Å². The van der Waals surface area contributed by atoms with Gasteiger partial charge in [0.1, 0.15) is 0 Å². The molecule has 2 aromatic rings. The van der Waals surface area contributed by atoms with E-state index in [9.17, 15) is 0 Å². The molecule has 2 aromatic carbocycles. The second-order valence-electron chi connectivity index (χ2n) is 5.62. The van der Waals surface area contributed by atoms with Crippen molar-refractivity contribution in [2.24, 2.45) is 0 Å². The Hall–Kier alpha value is -1.60. The van der Waals surface area contributed by atoms with Gasteiger partial charge >= 0.3 is 0 Å². The average Bonchev–Trinajstić information content (AvgIpc) is 2.49. The fraction of sp³-hybridized carbons (Fsp3) is 0.368. The summed E-state index contributed by atoms with van der Waals surface area (Å²) in [7, 11) is 0. The van der Waals surface area contributed by atoms with E-state index in [1.165, 1.54) is 49.7 Å². The van der Waals surface area contributed by atoms with E-state index in [-0.39, 0.29) is 0 Å². The van der Waals surface area contributed by atoms with Crippen LogP contribution in [0.3, 0.4) is 0 Å². The molecule has 0 atom stereocenters. The lowest BCUT2D eigenvalue weighted by Gasteiger charge is -2.08. The second kappa shape index (κ2) is 8.55. The van der Waals surface area contributed by atoms with Gasteiger partial charge in [-0.1, -0.05) is 60.7 Å². The smallest absolute Gasteiger partial charge is 0.0843 e. The Morgan fingerprint density at radius 2 is 1.05 bits per heavy atom. The molecule has 0 heterocycles. The summed E-state index contributed by atoms with van der Waals surface area (Å²) < 4.78 is 0. The summed E-state index contributed by atoms with van der Waals surface area (Å²) in [6, 6.07) is 22.1. The van der Waals surface area contributed by atoms with Crippen LogP contribution in [0.2, 0.25) is 0 Å². The summed E-state index contributed by atoms with van der Waals surface area (Å²) in [5.74, 6) is 0. The molecule has 20 heavy (non-hydrogen) atoms. The molecule has 106 valence electrons. The first-order valence-corrected chi connectivity index (χ1v) is 7.75. The Kier molecular flexibility index (Phi) is 6.33. The lowest BCUT2D eigenvalue weighted by Crippen LogP contribution is -2.60. The molecule has 3 N–H and O–H groups in total. The molecule has 0 radical (unpaired) electrons. The van der Waals surface area contributed by atoms with E-state index in [1.807, 2.05) is 0 Å². The van der Waals surface area contributed by atoms with E-state index < -0.39 is 0 Å². The van der Waals surface area contributed by atoms with Gasteiger partial charge in [-0.3, -0.25) is 0 Å². The summed E-state index contributed by atoms with van der Waals surface area (Å²) >= 11 is 0. The van der Waals surface area contributed by atoms with Crippen LogP contribution in [0.4, 0.5) is 0 Å². The number of hydrogen-bond donors (Lipinski definition) is 1. The van der Waals surface area contributed by atoms with E-state index in [1.54, 1.807) is 0 Å². The zero-order valence-corrected chi connectivity index (χ0v) is 12.3. The van der Waals surface area contributed by atoms with Crippen LogP contribution in [0.25, 0.3) is 0 Å². The molecule has 2 rings (SSSR count). The molecule has 0 amide bonds. The summed E-state index contributed by atoms with van der Waals surface area (Å²) in [6.07, 6.45) is 7.36. The minimum atomic E-state index is 0.599. The van der Waals surface area contributed by atoms with Gasteiger partial charge in [0.25, 0.3) is 0 Å². The van der Waals surface area contributed by atoms with Crippen LogP contribution in [-0.4, -0.2) is 6.04 Å². The highest BCUT2D eigenvalue weighted by Crippen LogP contribution is 2.10. The van der Waals surface area contributed by atoms with Gasteiger partial charge in [0.15, 0.2) is 0 Å². The number of hydrogen-bond acceptors (Lipinski definition) is 0. The molecule has 0 saturated carbocycles. The maximum absolute atomic E-state index is 4.30. The van der Waals surface area contributed by atoms with Crippen molar-refractivity contribution in [2.45, 2.75) is 44.6 Å². The van der Waals surface area contributed by atoms with E-state index in [0.717, 1.165) is 0 Å². The number of benzene rings is 2. The first kappa shape index (κ1) is 14.8. The molecular formula is C19H26N+. The fourth-order valence-corrected chi connectivity index (χ4v) is 2.62. The molecule has 0 aliphatic heterocycles. The quantitative estimate of drug-likeness (QED) is 0.757. The highest BCUT2D eigenvalue weighted by molar-refractivity contribution is 5.15. The third kappa shape index (κ3) is 5.58. The Labute approximate surface area is 122 Å². The highest BCUT2D eigenvalue weighted by atomic mass is 14.6. The monoisotopic (exact) mass is 268 g/mol. The molecule has 0 saturated heterocycles. The predicted molar refractivity (Wildman–Crippen MR) is 85.4 cm³/mol. The fourth-order valence-electron chi connectivity index (χ4n) is 2.62. The lowest BCUT2D eigenvalue weighted by atomic mass is 10.00. The third-order valence-corrected chi connectivity index (χ3v) is 3.84. The molecule has 0 unspecified atom stereocenters. The molecule has 0 aliphatic carbocycles. The predicted octanol–water partition coefficient (Wildman–Crippen LogP) is 3.64. The van der Waals surface area contributed by atoms with Gasteiger partial charge in [0.2, 0.25) is 0 Å². The van der Waals surface area contributed by atoms with Crippen molar-refractivity contribution in [3.8, 4) is 0 Å². The van der Waals surface area contributed by atoms with Crippen molar-refractivity contribution >= 4 is 0 Å². The zero-order valence-electron chi connectivity index (χ0n) is 12.3. The number of aryl methyl sites for hydroxylation is 2. The van der Waals surface area contributed by atoms with Crippen molar-refractivity contribution in [3.63, 3.8) is 0 Å². The van der Waals surface area contributed by atoms with Crippen LogP contribution in [0.5, 0.6) is 0 Å². The maximum Gasteiger partial charge on any atom is 0.0843 e. The van der Waals surface area contributed by atoms with E-state index in [4.69, 9.17) is 0 Å². The third-order valence-electron chi connectivity index (χ3n) is 3.84. The highest BCUT2D eigenvalue weighted by Gasteiger charge is 2.06. The molecule has 0 aromatic heterocycles. The Morgan fingerprint density at radius 3 is 1.45 bits per heavy atom. The minimum Gasteiger partial charge on any atom is -0.355 e. The van der Waals surface area contributed by atoms with Crippen LogP contribution >= 0.6 is 0 Å². The average molecular weight is 268 g/mol. The largest absolute Gasteiger partial charge is 0.355 e. The topological polar surface area (TPSA) is 27.6 Å². The van der Waals surface area contributed by atoms with E-state index in [0.29, 0.717) is 6.04 Å². The molecule has 0 bridgehead atoms. The lowest BCUT2D eigenvalue weighted by molar-refractivity contribution is -0.422.